The van der Waals surface area contributed by atoms with Crippen LogP contribution in [-0.4, -0.2) is 96.7 Å². The third-order valence-electron chi connectivity index (χ3n) is 14.8. The molecular formula is C65H126O17P2. The highest BCUT2D eigenvalue weighted by Gasteiger charge is 2.30. The maximum Gasteiger partial charge on any atom is 0.472 e. The van der Waals surface area contributed by atoms with Crippen LogP contribution in [0.1, 0.15) is 312 Å². The molecule has 0 aliphatic rings. The van der Waals surface area contributed by atoms with Crippen LogP contribution >= 0.6 is 15.6 Å². The van der Waals surface area contributed by atoms with Gasteiger partial charge in [-0.3, -0.25) is 37.3 Å². The standard InChI is InChI=1S/C65H126O17P2/c1-55(2)41-33-25-17-11-9-10-12-21-31-39-47-64(69)81-60(51-75-62(67)45-37-29-23-15-19-27-35-43-57(5)6)53-79-83(71,72)77-49-59(66)50-78-84(73,74)80-54-61(52-76-63(68)46-38-30-24-16-20-28-36-44-58(7)8)82-65(70)48-40-32-22-14-13-18-26-34-42-56(3)4/h55-61,66H,9-54H2,1-8H3,(H,71,72)(H,73,74)/t59?,60-,61-/m1/s1. The summed E-state index contributed by atoms with van der Waals surface area (Å²) in [5.41, 5.74) is 0. The molecule has 0 radical (unpaired) electrons. The van der Waals surface area contributed by atoms with Crippen LogP contribution in [0, 0.1) is 23.7 Å². The van der Waals surface area contributed by atoms with Crippen LogP contribution in [0.5, 0.6) is 0 Å². The summed E-state index contributed by atoms with van der Waals surface area (Å²) in [7, 11) is -9.89. The molecule has 0 spiro atoms. The van der Waals surface area contributed by atoms with E-state index in [2.05, 4.69) is 55.4 Å². The lowest BCUT2D eigenvalue weighted by Gasteiger charge is -2.21. The summed E-state index contributed by atoms with van der Waals surface area (Å²) in [4.78, 5) is 72.2. The number of carbonyl (C=O) groups is 4. The van der Waals surface area contributed by atoms with Gasteiger partial charge in [-0.05, 0) is 49.4 Å². The molecule has 0 aromatic rings. The minimum absolute atomic E-state index is 0.103. The fourth-order valence-electron chi connectivity index (χ4n) is 9.61. The molecule has 84 heavy (non-hydrogen) atoms. The van der Waals surface area contributed by atoms with E-state index in [1.165, 1.54) is 103 Å². The molecule has 0 saturated carbocycles. The number of carbonyl (C=O) groups excluding carboxylic acids is 4. The first-order chi connectivity index (χ1) is 40.1. The van der Waals surface area contributed by atoms with E-state index >= 15 is 0 Å². The van der Waals surface area contributed by atoms with Gasteiger partial charge in [0.15, 0.2) is 12.2 Å². The topological polar surface area (TPSA) is 237 Å². The van der Waals surface area contributed by atoms with Crippen LogP contribution in [0.4, 0.5) is 0 Å². The lowest BCUT2D eigenvalue weighted by molar-refractivity contribution is -0.161. The van der Waals surface area contributed by atoms with Gasteiger partial charge in [-0.1, -0.05) is 261 Å². The molecule has 0 aliphatic carbocycles. The van der Waals surface area contributed by atoms with Gasteiger partial charge in [-0.2, -0.15) is 0 Å². The Bertz CT molecular complexity index is 1680. The first kappa shape index (κ1) is 82.1. The predicted octanol–water partition coefficient (Wildman–Crippen LogP) is 17.8. The first-order valence-corrected chi connectivity index (χ1v) is 36.7. The third-order valence-corrected chi connectivity index (χ3v) is 16.7. The monoisotopic (exact) mass is 1240 g/mol. The van der Waals surface area contributed by atoms with Crippen molar-refractivity contribution in [1.29, 1.82) is 0 Å². The highest BCUT2D eigenvalue weighted by Crippen LogP contribution is 2.45. The van der Waals surface area contributed by atoms with Crippen molar-refractivity contribution in [3.63, 3.8) is 0 Å². The summed E-state index contributed by atoms with van der Waals surface area (Å²) in [6.45, 7) is 13.9. The molecule has 17 nitrogen and oxygen atoms in total. The number of aliphatic hydroxyl groups is 1. The second-order valence-electron chi connectivity index (χ2n) is 25.4. The van der Waals surface area contributed by atoms with E-state index in [1.807, 2.05) is 0 Å². The van der Waals surface area contributed by atoms with Crippen molar-refractivity contribution >= 4 is 39.5 Å². The van der Waals surface area contributed by atoms with E-state index in [1.54, 1.807) is 0 Å². The zero-order valence-electron chi connectivity index (χ0n) is 54.5. The van der Waals surface area contributed by atoms with Gasteiger partial charge in [0, 0.05) is 25.7 Å². The van der Waals surface area contributed by atoms with Gasteiger partial charge in [-0.25, -0.2) is 9.13 Å². The van der Waals surface area contributed by atoms with Crippen molar-refractivity contribution in [3.05, 3.63) is 0 Å². The summed E-state index contributed by atoms with van der Waals surface area (Å²) in [6.07, 6.45) is 35.0. The number of aliphatic hydroxyl groups excluding tert-OH is 1. The smallest absolute Gasteiger partial charge is 0.462 e. The molecule has 0 rings (SSSR count). The molecule has 19 heteroatoms. The highest BCUT2D eigenvalue weighted by molar-refractivity contribution is 7.47. The molecule has 5 atom stereocenters. The number of phosphoric acid groups is 2. The van der Waals surface area contributed by atoms with Gasteiger partial charge in [0.2, 0.25) is 0 Å². The normalized spacial score (nSPS) is 14.4. The molecule has 0 aliphatic heterocycles. The SMILES string of the molecule is CC(C)CCCCCCCCCCCCC(=O)O[C@H](COC(=O)CCCCCCCCCC(C)C)COP(=O)(O)OCC(O)COP(=O)(O)OC[C@@H](COC(=O)CCCCCCCCCC(C)C)OC(=O)CCCCCCCCCCC(C)C. The summed E-state index contributed by atoms with van der Waals surface area (Å²) in [6, 6.07) is 0. The maximum absolute atomic E-state index is 13.0. The summed E-state index contributed by atoms with van der Waals surface area (Å²) < 4.78 is 68.0. The second kappa shape index (κ2) is 55.2. The number of rotatable bonds is 62. The van der Waals surface area contributed by atoms with E-state index in [-0.39, 0.29) is 25.7 Å². The maximum atomic E-state index is 13.0. The molecule has 0 aromatic heterocycles. The van der Waals surface area contributed by atoms with Crippen LogP contribution < -0.4 is 0 Å². The zero-order valence-corrected chi connectivity index (χ0v) is 56.3. The molecule has 0 aromatic carbocycles. The van der Waals surface area contributed by atoms with Crippen molar-refractivity contribution in [2.75, 3.05) is 39.6 Å². The Kier molecular flexibility index (Phi) is 53.9. The third kappa shape index (κ3) is 59.0. The Morgan fingerprint density at radius 1 is 0.298 bits per heavy atom. The Labute approximate surface area is 511 Å². The van der Waals surface area contributed by atoms with Gasteiger partial charge in [0.25, 0.3) is 0 Å². The fraction of sp³-hybridized carbons (Fsp3) is 0.938. The summed E-state index contributed by atoms with van der Waals surface area (Å²) in [5, 5.41) is 10.5. The Morgan fingerprint density at radius 2 is 0.500 bits per heavy atom. The Balaban J connectivity index is 5.26. The number of hydrogen-bond donors (Lipinski definition) is 3. The van der Waals surface area contributed by atoms with Crippen LogP contribution in [0.2, 0.25) is 0 Å². The highest BCUT2D eigenvalue weighted by atomic mass is 31.2. The number of ether oxygens (including phenoxy) is 4. The van der Waals surface area contributed by atoms with Crippen molar-refractivity contribution in [1.82, 2.24) is 0 Å². The molecule has 0 saturated heterocycles. The van der Waals surface area contributed by atoms with E-state index in [0.717, 1.165) is 115 Å². The van der Waals surface area contributed by atoms with Crippen molar-refractivity contribution in [2.45, 2.75) is 331 Å². The molecule has 498 valence electrons. The molecular weight excluding hydrogens is 1110 g/mol. The van der Waals surface area contributed by atoms with Gasteiger partial charge in [-0.15, -0.1) is 0 Å². The number of hydrogen-bond acceptors (Lipinski definition) is 15. The second-order valence-corrected chi connectivity index (χ2v) is 28.3. The minimum atomic E-state index is -4.95. The Hall–Kier alpha value is -1.94. The molecule has 3 N–H and O–H groups in total. The first-order valence-electron chi connectivity index (χ1n) is 33.7. The van der Waals surface area contributed by atoms with Crippen LogP contribution in [0.15, 0.2) is 0 Å². The van der Waals surface area contributed by atoms with Crippen molar-refractivity contribution in [3.8, 4) is 0 Å². The summed E-state index contributed by atoms with van der Waals surface area (Å²) >= 11 is 0. The van der Waals surface area contributed by atoms with Gasteiger partial charge in [0.05, 0.1) is 26.4 Å². The fourth-order valence-corrected chi connectivity index (χ4v) is 11.2. The lowest BCUT2D eigenvalue weighted by Crippen LogP contribution is -2.30. The molecule has 0 amide bonds. The largest absolute Gasteiger partial charge is 0.472 e. The quantitative estimate of drug-likeness (QED) is 0.0222. The molecule has 0 heterocycles. The average molecular weight is 1240 g/mol. The van der Waals surface area contributed by atoms with Gasteiger partial charge < -0.3 is 33.8 Å². The van der Waals surface area contributed by atoms with Gasteiger partial charge in [0.1, 0.15) is 19.3 Å². The van der Waals surface area contributed by atoms with Crippen molar-refractivity contribution in [2.24, 2.45) is 23.7 Å². The van der Waals surface area contributed by atoms with Crippen molar-refractivity contribution < 1.29 is 80.2 Å². The zero-order chi connectivity index (χ0) is 62.5. The van der Waals surface area contributed by atoms with Crippen LogP contribution in [-0.2, 0) is 65.4 Å². The molecule has 0 fully saturated rings. The number of esters is 4. The number of phosphoric ester groups is 2. The number of unbranched alkanes of at least 4 members (excludes halogenated alkanes) is 28. The molecule has 0 bridgehead atoms. The van der Waals surface area contributed by atoms with E-state index in [0.29, 0.717) is 37.5 Å². The van der Waals surface area contributed by atoms with Crippen LogP contribution in [0.3, 0.4) is 0 Å². The summed E-state index contributed by atoms with van der Waals surface area (Å²) in [5.74, 6) is 0.741. The van der Waals surface area contributed by atoms with E-state index in [9.17, 15) is 43.2 Å². The van der Waals surface area contributed by atoms with Crippen LogP contribution in [0.25, 0.3) is 0 Å². The Morgan fingerprint density at radius 3 is 0.738 bits per heavy atom. The predicted molar refractivity (Wildman–Crippen MR) is 335 cm³/mol. The molecule has 3 unspecified atom stereocenters. The minimum Gasteiger partial charge on any atom is -0.462 e. The average Bonchev–Trinajstić information content (AvgIpc) is 3.47. The lowest BCUT2D eigenvalue weighted by atomic mass is 10.0. The van der Waals surface area contributed by atoms with E-state index < -0.39 is 97.5 Å². The van der Waals surface area contributed by atoms with Gasteiger partial charge >= 0.3 is 39.5 Å². The van der Waals surface area contributed by atoms with E-state index in [4.69, 9.17) is 37.0 Å².